The molecule has 0 bridgehead atoms. The number of anilines is 1. The van der Waals surface area contributed by atoms with Crippen molar-refractivity contribution >= 4 is 72.2 Å². The number of carbonyl (C=O) groups excluding carboxylic acids is 1. The Balaban J connectivity index is 1.65. The molecule has 0 atom stereocenters. The van der Waals surface area contributed by atoms with Crippen molar-refractivity contribution in [3.8, 4) is 11.5 Å². The summed E-state index contributed by atoms with van der Waals surface area (Å²) in [5.41, 5.74) is 1.25. The third kappa shape index (κ3) is 7.52. The maximum Gasteiger partial charge on any atom is 0.282 e. The zero-order chi connectivity index (χ0) is 29.5. The summed E-state index contributed by atoms with van der Waals surface area (Å²) in [5.74, 6) is 0.113. The first-order valence-corrected chi connectivity index (χ1v) is 14.8. The largest absolute Gasteiger partial charge is 0.490 e. The van der Waals surface area contributed by atoms with Crippen LogP contribution in [-0.4, -0.2) is 35.0 Å². The van der Waals surface area contributed by atoms with E-state index in [0.29, 0.717) is 45.5 Å². The first kappa shape index (κ1) is 30.7. The van der Waals surface area contributed by atoms with E-state index in [2.05, 4.69) is 49.2 Å². The lowest BCUT2D eigenvalue weighted by atomic mass is 10.2. The van der Waals surface area contributed by atoms with Crippen LogP contribution in [0, 0.1) is 5.82 Å². The topological polar surface area (TPSA) is 94.8 Å². The Morgan fingerprint density at radius 1 is 1.15 bits per heavy atom. The van der Waals surface area contributed by atoms with Gasteiger partial charge in [0.15, 0.2) is 18.1 Å². The van der Waals surface area contributed by atoms with Crippen molar-refractivity contribution in [3.63, 3.8) is 0 Å². The molecule has 41 heavy (non-hydrogen) atoms. The minimum atomic E-state index is -0.466. The summed E-state index contributed by atoms with van der Waals surface area (Å²) in [6.45, 7) is 3.80. The van der Waals surface area contributed by atoms with Gasteiger partial charge < -0.3 is 14.8 Å². The van der Waals surface area contributed by atoms with Gasteiger partial charge >= 0.3 is 0 Å². The molecule has 1 aromatic heterocycles. The Morgan fingerprint density at radius 3 is 2.61 bits per heavy atom. The van der Waals surface area contributed by atoms with Gasteiger partial charge in [-0.3, -0.25) is 9.59 Å². The highest BCUT2D eigenvalue weighted by atomic mass is 79.9. The molecule has 12 heteroatoms. The number of halogens is 4. The molecule has 214 valence electrons. The Hall–Kier alpha value is -3.28. The molecule has 0 radical (unpaired) electrons. The Morgan fingerprint density at radius 2 is 1.90 bits per heavy atom. The van der Waals surface area contributed by atoms with Gasteiger partial charge in [0.2, 0.25) is 0 Å². The fourth-order valence-electron chi connectivity index (χ4n) is 3.89. The molecule has 0 aliphatic rings. The SMILES string of the molecule is CCCCc1nc2ccc(Br)cc2c(=O)n1N=Cc1cc(OCC)c(OCC(=O)Nc2ccc(F)cc2)c(Cl)c1Br. The van der Waals surface area contributed by atoms with Crippen molar-refractivity contribution in [3.05, 3.63) is 90.1 Å². The standard InChI is InChI=1S/C29H26Br2ClFN4O4/c1-3-5-6-24-36-22-12-7-18(30)14-21(22)29(39)37(24)34-15-17-13-23(40-4-2)28(27(32)26(17)31)41-16-25(38)35-20-10-8-19(33)9-11-20/h7-15H,3-6,16H2,1-2H3,(H,35,38). The van der Waals surface area contributed by atoms with Crippen molar-refractivity contribution in [1.29, 1.82) is 0 Å². The number of benzene rings is 3. The minimum absolute atomic E-state index is 0.157. The highest BCUT2D eigenvalue weighted by Gasteiger charge is 2.19. The number of fused-ring (bicyclic) bond motifs is 1. The molecule has 0 saturated carbocycles. The van der Waals surface area contributed by atoms with E-state index in [9.17, 15) is 14.0 Å². The molecular weight excluding hydrogens is 683 g/mol. The van der Waals surface area contributed by atoms with Gasteiger partial charge in [-0.25, -0.2) is 9.37 Å². The van der Waals surface area contributed by atoms with E-state index in [0.717, 1.165) is 17.3 Å². The summed E-state index contributed by atoms with van der Waals surface area (Å²) in [7, 11) is 0. The minimum Gasteiger partial charge on any atom is -0.490 e. The summed E-state index contributed by atoms with van der Waals surface area (Å²) in [6, 6.07) is 12.4. The molecule has 0 fully saturated rings. The molecule has 3 aromatic carbocycles. The summed E-state index contributed by atoms with van der Waals surface area (Å²) in [5, 5.41) is 7.72. The lowest BCUT2D eigenvalue weighted by Gasteiger charge is -2.16. The van der Waals surface area contributed by atoms with E-state index < -0.39 is 11.7 Å². The highest BCUT2D eigenvalue weighted by Crippen LogP contribution is 2.42. The van der Waals surface area contributed by atoms with Gasteiger partial charge in [-0.05, 0) is 77.8 Å². The van der Waals surface area contributed by atoms with E-state index in [1.54, 1.807) is 25.1 Å². The number of amides is 1. The molecule has 0 aliphatic heterocycles. The van der Waals surface area contributed by atoms with Crippen LogP contribution in [0.4, 0.5) is 10.1 Å². The van der Waals surface area contributed by atoms with Gasteiger partial charge in [0.25, 0.3) is 11.5 Å². The molecule has 0 saturated heterocycles. The predicted octanol–water partition coefficient (Wildman–Crippen LogP) is 7.36. The number of aromatic nitrogens is 2. The number of ether oxygens (including phenoxy) is 2. The third-order valence-corrected chi connectivity index (χ3v) is 7.81. The van der Waals surface area contributed by atoms with E-state index >= 15 is 0 Å². The van der Waals surface area contributed by atoms with Crippen LogP contribution in [-0.2, 0) is 11.2 Å². The van der Waals surface area contributed by atoms with Crippen LogP contribution in [0.25, 0.3) is 10.9 Å². The van der Waals surface area contributed by atoms with Crippen LogP contribution in [0.2, 0.25) is 5.02 Å². The Bertz CT molecular complexity index is 1660. The number of carbonyl (C=O) groups is 1. The number of rotatable bonds is 11. The molecule has 0 aliphatic carbocycles. The van der Waals surface area contributed by atoms with Crippen molar-refractivity contribution < 1.29 is 18.7 Å². The molecular formula is C29H26Br2ClFN4O4. The van der Waals surface area contributed by atoms with Crippen LogP contribution in [0.3, 0.4) is 0 Å². The van der Waals surface area contributed by atoms with Crippen molar-refractivity contribution in [2.24, 2.45) is 5.10 Å². The summed E-state index contributed by atoms with van der Waals surface area (Å²) >= 11 is 13.5. The van der Waals surface area contributed by atoms with Crippen LogP contribution in [0.15, 0.2) is 67.4 Å². The lowest BCUT2D eigenvalue weighted by Crippen LogP contribution is -2.22. The fourth-order valence-corrected chi connectivity index (χ4v) is 4.91. The molecule has 0 spiro atoms. The number of hydrogen-bond acceptors (Lipinski definition) is 6. The molecule has 1 N–H and O–H groups in total. The molecule has 4 rings (SSSR count). The maximum absolute atomic E-state index is 13.4. The second kappa shape index (κ2) is 14.1. The van der Waals surface area contributed by atoms with E-state index in [1.165, 1.54) is 35.2 Å². The number of aryl methyl sites for hydroxylation is 1. The Labute approximate surface area is 257 Å². The first-order chi connectivity index (χ1) is 19.7. The second-order valence-corrected chi connectivity index (χ2v) is 10.9. The van der Waals surface area contributed by atoms with Crippen LogP contribution >= 0.6 is 43.5 Å². The molecule has 0 unspecified atom stereocenters. The summed E-state index contributed by atoms with van der Waals surface area (Å²) in [4.78, 5) is 30.5. The molecule has 1 amide bonds. The van der Waals surface area contributed by atoms with Gasteiger partial charge in [-0.15, -0.1) is 0 Å². The lowest BCUT2D eigenvalue weighted by molar-refractivity contribution is -0.118. The zero-order valence-electron chi connectivity index (χ0n) is 22.2. The average Bonchev–Trinajstić information content (AvgIpc) is 2.95. The van der Waals surface area contributed by atoms with Crippen LogP contribution in [0.1, 0.15) is 38.1 Å². The average molecular weight is 709 g/mol. The third-order valence-electron chi connectivity index (χ3n) is 5.87. The zero-order valence-corrected chi connectivity index (χ0v) is 26.1. The van der Waals surface area contributed by atoms with E-state index in [1.807, 2.05) is 6.07 Å². The van der Waals surface area contributed by atoms with Crippen molar-refractivity contribution in [2.75, 3.05) is 18.5 Å². The number of unbranched alkanes of at least 4 members (excludes halogenated alkanes) is 1. The monoisotopic (exact) mass is 706 g/mol. The number of hydrogen-bond donors (Lipinski definition) is 1. The van der Waals surface area contributed by atoms with E-state index in [4.69, 9.17) is 26.1 Å². The van der Waals surface area contributed by atoms with Crippen molar-refractivity contribution in [1.82, 2.24) is 9.66 Å². The van der Waals surface area contributed by atoms with Gasteiger partial charge in [0.05, 0.1) is 23.7 Å². The first-order valence-electron chi connectivity index (χ1n) is 12.8. The van der Waals surface area contributed by atoms with Gasteiger partial charge in [-0.2, -0.15) is 9.78 Å². The molecule has 4 aromatic rings. The van der Waals surface area contributed by atoms with Gasteiger partial charge in [0.1, 0.15) is 16.7 Å². The van der Waals surface area contributed by atoms with Gasteiger partial charge in [0, 0.05) is 26.6 Å². The normalized spacial score (nSPS) is 11.3. The molecule has 8 nitrogen and oxygen atoms in total. The number of nitrogens with one attached hydrogen (secondary N) is 1. The van der Waals surface area contributed by atoms with Crippen LogP contribution < -0.4 is 20.3 Å². The highest BCUT2D eigenvalue weighted by molar-refractivity contribution is 9.10. The van der Waals surface area contributed by atoms with Gasteiger partial charge in [-0.1, -0.05) is 40.9 Å². The summed E-state index contributed by atoms with van der Waals surface area (Å²) in [6.07, 6.45) is 3.84. The predicted molar refractivity (Wildman–Crippen MR) is 166 cm³/mol. The fraction of sp³-hybridized carbons (Fsp3) is 0.241. The van der Waals surface area contributed by atoms with Crippen LogP contribution in [0.5, 0.6) is 11.5 Å². The second-order valence-electron chi connectivity index (χ2n) is 8.85. The number of nitrogens with zero attached hydrogens (tertiary/aromatic N) is 3. The van der Waals surface area contributed by atoms with Crippen molar-refractivity contribution in [2.45, 2.75) is 33.1 Å². The maximum atomic E-state index is 13.4. The smallest absolute Gasteiger partial charge is 0.282 e. The van der Waals surface area contributed by atoms with E-state index in [-0.39, 0.29) is 28.7 Å². The quantitative estimate of drug-likeness (QED) is 0.165. The molecule has 1 heterocycles. The summed E-state index contributed by atoms with van der Waals surface area (Å²) < 4.78 is 27.1. The Kier molecular flexibility index (Phi) is 10.5.